The molecule has 0 amide bonds. The van der Waals surface area contributed by atoms with Crippen LogP contribution in [0, 0.1) is 0 Å². The van der Waals surface area contributed by atoms with Crippen molar-refractivity contribution < 1.29 is 14.0 Å². The minimum atomic E-state index is -2.62. The summed E-state index contributed by atoms with van der Waals surface area (Å²) in [4.78, 5) is 11.8. The van der Waals surface area contributed by atoms with Gasteiger partial charge in [0, 0.05) is 0 Å². The predicted molar refractivity (Wildman–Crippen MR) is 153 cm³/mol. The normalized spacial score (nSPS) is 13.7. The second-order valence-electron chi connectivity index (χ2n) is 9.72. The quantitative estimate of drug-likeness (QED) is 0.207. The van der Waals surface area contributed by atoms with Crippen LogP contribution in [0.2, 0.25) is 10.4 Å². The summed E-state index contributed by atoms with van der Waals surface area (Å²) in [6, 6.07) is 31.7. The van der Waals surface area contributed by atoms with Gasteiger partial charge in [-0.05, 0) is 0 Å². The Morgan fingerprint density at radius 1 is 0.886 bits per heavy atom. The number of hydrogen-bond donors (Lipinski definition) is 1. The van der Waals surface area contributed by atoms with Crippen LogP contribution in [0.25, 0.3) is 0 Å². The second kappa shape index (κ2) is 12.9. The van der Waals surface area contributed by atoms with Crippen LogP contribution in [0.5, 0.6) is 0 Å². The van der Waals surface area contributed by atoms with Gasteiger partial charge in [0.2, 0.25) is 0 Å². The van der Waals surface area contributed by atoms with E-state index in [9.17, 15) is 4.79 Å². The Morgan fingerprint density at radius 2 is 1.37 bits per heavy atom. The standard InChI is InChI=1S/C29H36O3SSeSi/c1-23(30)32-24(22-34-26-14-8-5-9-15-26)20-25(33)21-31-35(29(2,3)4,27-16-10-6-11-17-27)28-18-12-7-13-19-28/h5-19,24-25,33H,20-22H2,1-4H3/t24?,25-/m0/s1. The molecule has 0 radical (unpaired) electrons. The van der Waals surface area contributed by atoms with Crippen molar-refractivity contribution in [2.24, 2.45) is 0 Å². The molecule has 0 aliphatic rings. The minimum absolute atomic E-state index is 0.0485. The molecule has 0 saturated heterocycles. The molecule has 6 heteroatoms. The van der Waals surface area contributed by atoms with E-state index in [4.69, 9.17) is 21.8 Å². The van der Waals surface area contributed by atoms with Gasteiger partial charge in [-0.1, -0.05) is 0 Å². The molecule has 186 valence electrons. The summed E-state index contributed by atoms with van der Waals surface area (Å²) in [6.07, 6.45) is 0.494. The van der Waals surface area contributed by atoms with E-state index in [0.29, 0.717) is 13.0 Å². The average Bonchev–Trinajstić information content (AvgIpc) is 2.84. The first-order chi connectivity index (χ1) is 16.7. The molecule has 3 aromatic carbocycles. The van der Waals surface area contributed by atoms with Crippen molar-refractivity contribution in [1.29, 1.82) is 0 Å². The maximum atomic E-state index is 11.8. The van der Waals surface area contributed by atoms with E-state index in [1.165, 1.54) is 21.8 Å². The third kappa shape index (κ3) is 7.58. The van der Waals surface area contributed by atoms with Crippen molar-refractivity contribution >= 4 is 56.7 Å². The Balaban J connectivity index is 1.79. The van der Waals surface area contributed by atoms with E-state index >= 15 is 0 Å². The SMILES string of the molecule is CC(=O)OC(C[Se]c1ccccc1)C[C@H](S)CO[Si](c1ccccc1)(c1ccccc1)C(C)(C)C. The van der Waals surface area contributed by atoms with Crippen molar-refractivity contribution in [3.8, 4) is 0 Å². The molecular weight excluding hydrogens is 535 g/mol. The van der Waals surface area contributed by atoms with Gasteiger partial charge in [-0.25, -0.2) is 0 Å². The Bertz CT molecular complexity index is 1000. The van der Waals surface area contributed by atoms with E-state index in [0.717, 1.165) is 5.32 Å². The van der Waals surface area contributed by atoms with Gasteiger partial charge >= 0.3 is 224 Å². The van der Waals surface area contributed by atoms with Crippen molar-refractivity contribution in [1.82, 2.24) is 0 Å². The molecular formula is C29H36O3SSeSi. The molecule has 0 heterocycles. The van der Waals surface area contributed by atoms with Gasteiger partial charge in [-0.15, -0.1) is 0 Å². The van der Waals surface area contributed by atoms with E-state index < -0.39 is 8.32 Å². The van der Waals surface area contributed by atoms with Gasteiger partial charge in [0.25, 0.3) is 0 Å². The monoisotopic (exact) mass is 572 g/mol. The van der Waals surface area contributed by atoms with Gasteiger partial charge in [0.1, 0.15) is 0 Å². The average molecular weight is 572 g/mol. The van der Waals surface area contributed by atoms with E-state index in [1.54, 1.807) is 0 Å². The number of rotatable bonds is 11. The zero-order valence-corrected chi connectivity index (χ0v) is 24.6. The second-order valence-corrected chi connectivity index (χ2v) is 17.0. The number of thiol groups is 1. The van der Waals surface area contributed by atoms with Gasteiger partial charge in [0.15, 0.2) is 0 Å². The first-order valence-corrected chi connectivity index (χ1v) is 16.5. The number of ether oxygens (including phenoxy) is 1. The molecule has 3 nitrogen and oxygen atoms in total. The van der Waals surface area contributed by atoms with Crippen LogP contribution >= 0.6 is 12.6 Å². The fourth-order valence-electron chi connectivity index (χ4n) is 4.45. The Morgan fingerprint density at radius 3 is 1.83 bits per heavy atom. The summed E-state index contributed by atoms with van der Waals surface area (Å²) in [7, 11) is -2.62. The Kier molecular flexibility index (Phi) is 10.3. The molecule has 0 aliphatic carbocycles. The van der Waals surface area contributed by atoms with Gasteiger partial charge in [-0.3, -0.25) is 0 Å². The third-order valence-corrected chi connectivity index (χ3v) is 13.7. The van der Waals surface area contributed by atoms with Crippen LogP contribution in [0.15, 0.2) is 91.0 Å². The van der Waals surface area contributed by atoms with Crippen LogP contribution in [0.1, 0.15) is 34.1 Å². The number of carbonyl (C=O) groups is 1. The molecule has 2 atom stereocenters. The van der Waals surface area contributed by atoms with E-state index in [1.807, 2.05) is 6.07 Å². The first-order valence-electron chi connectivity index (χ1n) is 12.0. The van der Waals surface area contributed by atoms with E-state index in [2.05, 4.69) is 106 Å². The number of esters is 1. The summed E-state index contributed by atoms with van der Waals surface area (Å²) in [5.41, 5.74) is 0. The molecule has 0 bridgehead atoms. The van der Waals surface area contributed by atoms with Crippen molar-refractivity contribution in [3.05, 3.63) is 91.0 Å². The van der Waals surface area contributed by atoms with Crippen LogP contribution < -0.4 is 14.8 Å². The number of benzene rings is 3. The summed E-state index contributed by atoms with van der Waals surface area (Å²) in [5.74, 6) is -0.243. The molecule has 0 fully saturated rings. The van der Waals surface area contributed by atoms with Gasteiger partial charge in [-0.2, -0.15) is 0 Å². The molecule has 3 aromatic rings. The fourth-order valence-corrected chi connectivity index (χ4v) is 11.5. The molecule has 0 aromatic heterocycles. The molecule has 0 N–H and O–H groups in total. The number of hydrogen-bond acceptors (Lipinski definition) is 4. The molecule has 35 heavy (non-hydrogen) atoms. The van der Waals surface area contributed by atoms with Crippen LogP contribution in [-0.4, -0.2) is 47.2 Å². The van der Waals surface area contributed by atoms with Gasteiger partial charge in [0.05, 0.1) is 0 Å². The summed E-state index contributed by atoms with van der Waals surface area (Å²) in [6.45, 7) is 8.80. The molecule has 0 spiro atoms. The predicted octanol–water partition coefficient (Wildman–Crippen LogP) is 4.63. The fraction of sp³-hybridized carbons (Fsp3) is 0.345. The van der Waals surface area contributed by atoms with Gasteiger partial charge < -0.3 is 0 Å². The van der Waals surface area contributed by atoms with Crippen LogP contribution in [0.4, 0.5) is 0 Å². The van der Waals surface area contributed by atoms with Crippen molar-refractivity contribution in [2.45, 2.75) is 55.8 Å². The first kappa shape index (κ1) is 27.8. The van der Waals surface area contributed by atoms with E-state index in [-0.39, 0.29) is 37.3 Å². The Hall–Kier alpha value is -1.82. The Labute approximate surface area is 223 Å². The van der Waals surface area contributed by atoms with Crippen molar-refractivity contribution in [2.75, 3.05) is 6.61 Å². The topological polar surface area (TPSA) is 35.5 Å². The summed E-state index contributed by atoms with van der Waals surface area (Å²) in [5, 5.41) is 3.20. The van der Waals surface area contributed by atoms with Crippen LogP contribution in [0.3, 0.4) is 0 Å². The zero-order valence-electron chi connectivity index (χ0n) is 21.0. The number of carbonyl (C=O) groups excluding carboxylic acids is 1. The zero-order chi connectivity index (χ0) is 25.3. The van der Waals surface area contributed by atoms with Crippen molar-refractivity contribution in [3.63, 3.8) is 0 Å². The summed E-state index contributed by atoms with van der Waals surface area (Å²) >= 11 is 5.15. The summed E-state index contributed by atoms with van der Waals surface area (Å²) < 4.78 is 14.0. The molecule has 3 rings (SSSR count). The molecule has 0 saturated carbocycles. The molecule has 0 aliphatic heterocycles. The van der Waals surface area contributed by atoms with Crippen LogP contribution in [-0.2, 0) is 14.0 Å². The molecule has 1 unspecified atom stereocenters. The third-order valence-electron chi connectivity index (χ3n) is 5.96. The maximum absolute atomic E-state index is 11.8.